The summed E-state index contributed by atoms with van der Waals surface area (Å²) in [5.41, 5.74) is 0.436. The molecule has 0 amide bonds. The summed E-state index contributed by atoms with van der Waals surface area (Å²) in [5, 5.41) is 0. The number of methoxy groups -OCH3 is 1. The van der Waals surface area contributed by atoms with Gasteiger partial charge in [0.1, 0.15) is 5.69 Å². The molecule has 6 heteroatoms. The van der Waals surface area contributed by atoms with Crippen LogP contribution in [0.4, 0.5) is 0 Å². The van der Waals surface area contributed by atoms with Crippen LogP contribution in [0, 0.1) is 0 Å². The minimum Gasteiger partial charge on any atom is -0.464 e. The molecule has 1 saturated heterocycles. The zero-order valence-corrected chi connectivity index (χ0v) is 10.5. The fourth-order valence-electron chi connectivity index (χ4n) is 1.90. The van der Waals surface area contributed by atoms with Gasteiger partial charge in [0.2, 0.25) is 0 Å². The Kier molecular flexibility index (Phi) is 4.72. The normalized spacial score (nSPS) is 19.7. The number of hydrogen-bond donors (Lipinski definition) is 0. The SMILES string of the molecule is COC(=O)c1cncn1CCOC1CCCCO1. The summed E-state index contributed by atoms with van der Waals surface area (Å²) in [6, 6.07) is 0. The summed E-state index contributed by atoms with van der Waals surface area (Å²) in [5.74, 6) is -0.388. The average Bonchev–Trinajstić information content (AvgIpc) is 2.87. The molecule has 100 valence electrons. The van der Waals surface area contributed by atoms with Gasteiger partial charge in [0.15, 0.2) is 6.29 Å². The van der Waals surface area contributed by atoms with E-state index in [1.807, 2.05) is 0 Å². The zero-order chi connectivity index (χ0) is 12.8. The van der Waals surface area contributed by atoms with Crippen LogP contribution in [0.15, 0.2) is 12.5 Å². The highest BCUT2D eigenvalue weighted by molar-refractivity contribution is 5.87. The number of carbonyl (C=O) groups excluding carboxylic acids is 1. The number of nitrogens with zero attached hydrogens (tertiary/aromatic N) is 2. The number of rotatable bonds is 5. The quantitative estimate of drug-likeness (QED) is 0.739. The lowest BCUT2D eigenvalue weighted by Crippen LogP contribution is -2.24. The van der Waals surface area contributed by atoms with Gasteiger partial charge in [-0.1, -0.05) is 0 Å². The molecule has 1 aromatic heterocycles. The highest BCUT2D eigenvalue weighted by atomic mass is 16.7. The van der Waals surface area contributed by atoms with Crippen LogP contribution >= 0.6 is 0 Å². The van der Waals surface area contributed by atoms with E-state index < -0.39 is 0 Å². The Hall–Kier alpha value is -1.40. The van der Waals surface area contributed by atoms with Gasteiger partial charge in [0, 0.05) is 13.2 Å². The molecule has 1 fully saturated rings. The third kappa shape index (κ3) is 3.30. The number of imidazole rings is 1. The number of hydrogen-bond acceptors (Lipinski definition) is 5. The molecule has 1 aliphatic rings. The van der Waals surface area contributed by atoms with E-state index in [0.29, 0.717) is 18.8 Å². The number of aromatic nitrogens is 2. The molecule has 1 aliphatic heterocycles. The van der Waals surface area contributed by atoms with Gasteiger partial charge in [-0.05, 0) is 19.3 Å². The second-order valence-corrected chi connectivity index (χ2v) is 4.13. The highest BCUT2D eigenvalue weighted by Gasteiger charge is 2.15. The van der Waals surface area contributed by atoms with Crippen molar-refractivity contribution in [1.29, 1.82) is 0 Å². The molecule has 1 aromatic rings. The Balaban J connectivity index is 1.79. The van der Waals surface area contributed by atoms with E-state index in [9.17, 15) is 4.79 Å². The Morgan fingerprint density at radius 2 is 2.50 bits per heavy atom. The van der Waals surface area contributed by atoms with Crippen LogP contribution < -0.4 is 0 Å². The lowest BCUT2D eigenvalue weighted by molar-refractivity contribution is -0.163. The second-order valence-electron chi connectivity index (χ2n) is 4.13. The van der Waals surface area contributed by atoms with Crippen LogP contribution in [0.3, 0.4) is 0 Å². The molecule has 0 aliphatic carbocycles. The van der Waals surface area contributed by atoms with E-state index in [4.69, 9.17) is 9.47 Å². The van der Waals surface area contributed by atoms with Gasteiger partial charge in [0.05, 0.1) is 26.2 Å². The van der Waals surface area contributed by atoms with Crippen LogP contribution in [-0.4, -0.2) is 42.1 Å². The molecule has 0 N–H and O–H groups in total. The van der Waals surface area contributed by atoms with Crippen molar-refractivity contribution in [2.45, 2.75) is 32.1 Å². The zero-order valence-electron chi connectivity index (χ0n) is 10.5. The first-order valence-corrected chi connectivity index (χ1v) is 6.13. The highest BCUT2D eigenvalue weighted by Crippen LogP contribution is 2.13. The summed E-state index contributed by atoms with van der Waals surface area (Å²) in [4.78, 5) is 15.3. The van der Waals surface area contributed by atoms with Gasteiger partial charge in [-0.15, -0.1) is 0 Å². The number of esters is 1. The van der Waals surface area contributed by atoms with E-state index in [-0.39, 0.29) is 12.3 Å². The van der Waals surface area contributed by atoms with E-state index in [1.165, 1.54) is 13.3 Å². The summed E-state index contributed by atoms with van der Waals surface area (Å²) in [6.45, 7) is 1.82. The van der Waals surface area contributed by atoms with Gasteiger partial charge in [-0.3, -0.25) is 0 Å². The molecular weight excluding hydrogens is 236 g/mol. The second kappa shape index (κ2) is 6.51. The molecule has 0 spiro atoms. The molecule has 18 heavy (non-hydrogen) atoms. The predicted octanol–water partition coefficient (Wildman–Crippen LogP) is 1.21. The molecular formula is C12H18N2O4. The Bertz CT molecular complexity index is 385. The average molecular weight is 254 g/mol. The van der Waals surface area contributed by atoms with E-state index >= 15 is 0 Å². The summed E-state index contributed by atoms with van der Waals surface area (Å²) in [7, 11) is 1.35. The van der Waals surface area contributed by atoms with Crippen LogP contribution in [0.25, 0.3) is 0 Å². The summed E-state index contributed by atoms with van der Waals surface area (Å²) >= 11 is 0. The van der Waals surface area contributed by atoms with E-state index in [0.717, 1.165) is 25.9 Å². The Labute approximate surface area is 106 Å². The summed E-state index contributed by atoms with van der Waals surface area (Å²) < 4.78 is 17.4. The number of ether oxygens (including phenoxy) is 3. The standard InChI is InChI=1S/C12H18N2O4/c1-16-12(15)10-8-13-9-14(10)5-7-18-11-4-2-3-6-17-11/h8-9,11H,2-7H2,1H3. The topological polar surface area (TPSA) is 62.6 Å². The molecule has 1 atom stereocenters. The van der Waals surface area contributed by atoms with Crippen molar-refractivity contribution >= 4 is 5.97 Å². The molecule has 6 nitrogen and oxygen atoms in total. The van der Waals surface area contributed by atoms with Gasteiger partial charge >= 0.3 is 5.97 Å². The first-order chi connectivity index (χ1) is 8.81. The van der Waals surface area contributed by atoms with Gasteiger partial charge < -0.3 is 18.8 Å². The molecule has 0 radical (unpaired) electrons. The first-order valence-electron chi connectivity index (χ1n) is 6.13. The monoisotopic (exact) mass is 254 g/mol. The van der Waals surface area contributed by atoms with Gasteiger partial charge in [-0.2, -0.15) is 0 Å². The summed E-state index contributed by atoms with van der Waals surface area (Å²) in [6.07, 6.45) is 6.16. The first kappa shape index (κ1) is 13.0. The largest absolute Gasteiger partial charge is 0.464 e. The third-order valence-corrected chi connectivity index (χ3v) is 2.88. The fourth-order valence-corrected chi connectivity index (χ4v) is 1.90. The minimum atomic E-state index is -0.388. The number of carbonyl (C=O) groups is 1. The maximum Gasteiger partial charge on any atom is 0.356 e. The molecule has 0 aromatic carbocycles. The van der Waals surface area contributed by atoms with Gasteiger partial charge in [-0.25, -0.2) is 9.78 Å². The minimum absolute atomic E-state index is 0.108. The van der Waals surface area contributed by atoms with Crippen molar-refractivity contribution in [3.63, 3.8) is 0 Å². The molecule has 2 heterocycles. The van der Waals surface area contributed by atoms with Crippen LogP contribution in [0.1, 0.15) is 29.8 Å². The Morgan fingerprint density at radius 1 is 1.61 bits per heavy atom. The lowest BCUT2D eigenvalue weighted by Gasteiger charge is -2.22. The lowest BCUT2D eigenvalue weighted by atomic mass is 10.2. The van der Waals surface area contributed by atoms with Crippen LogP contribution in [-0.2, 0) is 20.8 Å². The van der Waals surface area contributed by atoms with E-state index in [1.54, 1.807) is 10.9 Å². The molecule has 1 unspecified atom stereocenters. The molecule has 0 saturated carbocycles. The van der Waals surface area contributed by atoms with Gasteiger partial charge in [0.25, 0.3) is 0 Å². The van der Waals surface area contributed by atoms with Crippen LogP contribution in [0.5, 0.6) is 0 Å². The predicted molar refractivity (Wildman–Crippen MR) is 63.1 cm³/mol. The van der Waals surface area contributed by atoms with Crippen LogP contribution in [0.2, 0.25) is 0 Å². The Morgan fingerprint density at radius 3 is 3.22 bits per heavy atom. The van der Waals surface area contributed by atoms with Crippen molar-refractivity contribution in [2.75, 3.05) is 20.3 Å². The molecule has 0 bridgehead atoms. The molecule has 2 rings (SSSR count). The van der Waals surface area contributed by atoms with E-state index in [2.05, 4.69) is 9.72 Å². The maximum absolute atomic E-state index is 11.4. The van der Waals surface area contributed by atoms with Crippen molar-refractivity contribution in [3.05, 3.63) is 18.2 Å². The fraction of sp³-hybridized carbons (Fsp3) is 0.667. The third-order valence-electron chi connectivity index (χ3n) is 2.88. The van der Waals surface area contributed by atoms with Crippen molar-refractivity contribution in [1.82, 2.24) is 9.55 Å². The van der Waals surface area contributed by atoms with Crippen molar-refractivity contribution < 1.29 is 19.0 Å². The van der Waals surface area contributed by atoms with Crippen molar-refractivity contribution in [3.8, 4) is 0 Å². The van der Waals surface area contributed by atoms with Crippen molar-refractivity contribution in [2.24, 2.45) is 0 Å². The smallest absolute Gasteiger partial charge is 0.356 e. The maximum atomic E-state index is 11.4.